The van der Waals surface area contributed by atoms with Crippen LogP contribution < -0.4 is 0 Å². The van der Waals surface area contributed by atoms with Crippen molar-refractivity contribution in [3.63, 3.8) is 0 Å². The minimum absolute atomic E-state index is 0.249. The Morgan fingerprint density at radius 1 is 0.800 bits per heavy atom. The largest absolute Gasteiger partial charge is 0.344 e. The molecule has 2 atom stereocenters. The average molecular weight is 390 g/mol. The molecule has 0 heterocycles. The topological polar surface area (TPSA) is 61.8 Å². The normalized spacial score (nSPS) is 16.4. The molecule has 1 rings (SSSR count). The van der Waals surface area contributed by atoms with Crippen LogP contribution in [0.1, 0.15) is 47.1 Å². The first-order valence-electron chi connectivity index (χ1n) is 8.72. The maximum atomic E-state index is 13.7. The molecule has 0 aliphatic heterocycles. The van der Waals surface area contributed by atoms with Crippen molar-refractivity contribution in [1.29, 1.82) is 0 Å². The van der Waals surface area contributed by atoms with Crippen molar-refractivity contribution in [3.8, 4) is 0 Å². The molecule has 1 aromatic carbocycles. The van der Waals surface area contributed by atoms with Crippen LogP contribution in [0.3, 0.4) is 0 Å². The van der Waals surface area contributed by atoms with Gasteiger partial charge < -0.3 is 13.6 Å². The number of hydrogen-bond donors (Lipinski definition) is 0. The third kappa shape index (κ3) is 7.37. The fraction of sp³-hybridized carbons (Fsp3) is 0.667. The van der Waals surface area contributed by atoms with Gasteiger partial charge in [-0.25, -0.2) is 0 Å². The van der Waals surface area contributed by atoms with E-state index >= 15 is 0 Å². The van der Waals surface area contributed by atoms with Crippen LogP contribution in [0, 0.1) is 0 Å². The maximum absolute atomic E-state index is 13.7. The summed E-state index contributed by atoms with van der Waals surface area (Å²) < 4.78 is 44.2. The highest BCUT2D eigenvalue weighted by molar-refractivity contribution is 7.74. The zero-order valence-electron chi connectivity index (χ0n) is 16.3. The van der Waals surface area contributed by atoms with Crippen LogP contribution in [0.4, 0.5) is 0 Å². The standard InChI is InChI=1S/C18H32O5P2/c1-14(2)21-24(7,19)18(13-17-11-9-8-10-12-17)25(20,22-15(3)4)23-16(5)6/h8-12,14-16,18H,13H2,1-7H3. The Balaban J connectivity index is 3.34. The van der Waals surface area contributed by atoms with Gasteiger partial charge in [0.15, 0.2) is 0 Å². The molecular weight excluding hydrogens is 358 g/mol. The van der Waals surface area contributed by atoms with Crippen LogP contribution in [0.25, 0.3) is 0 Å². The molecule has 0 aliphatic carbocycles. The summed E-state index contributed by atoms with van der Waals surface area (Å²) in [5.41, 5.74) is 0.918. The molecule has 0 aliphatic rings. The molecular formula is C18H32O5P2. The molecule has 5 nitrogen and oxygen atoms in total. The van der Waals surface area contributed by atoms with E-state index < -0.39 is 20.4 Å². The van der Waals surface area contributed by atoms with Crippen molar-refractivity contribution in [2.45, 2.75) is 71.7 Å². The van der Waals surface area contributed by atoms with Crippen LogP contribution in [0.15, 0.2) is 30.3 Å². The van der Waals surface area contributed by atoms with Crippen LogP contribution in [-0.4, -0.2) is 30.4 Å². The van der Waals surface area contributed by atoms with Gasteiger partial charge in [0.1, 0.15) is 5.40 Å². The minimum Gasteiger partial charge on any atom is -0.325 e. The van der Waals surface area contributed by atoms with Crippen molar-refractivity contribution in [1.82, 2.24) is 0 Å². The lowest BCUT2D eigenvalue weighted by molar-refractivity contribution is 0.138. The Hall–Kier alpha value is -0.440. The Morgan fingerprint density at radius 3 is 1.64 bits per heavy atom. The van der Waals surface area contributed by atoms with Crippen molar-refractivity contribution in [2.24, 2.45) is 0 Å². The number of benzene rings is 1. The van der Waals surface area contributed by atoms with Gasteiger partial charge in [-0.1, -0.05) is 30.3 Å². The summed E-state index contributed by atoms with van der Waals surface area (Å²) in [4.78, 5) is 0. The molecule has 25 heavy (non-hydrogen) atoms. The number of hydrogen-bond acceptors (Lipinski definition) is 5. The summed E-state index contributed by atoms with van der Waals surface area (Å²) in [6.45, 7) is 12.3. The van der Waals surface area contributed by atoms with E-state index in [0.29, 0.717) is 6.42 Å². The van der Waals surface area contributed by atoms with Crippen molar-refractivity contribution in [3.05, 3.63) is 35.9 Å². The van der Waals surface area contributed by atoms with E-state index in [2.05, 4.69) is 0 Å². The first-order valence-corrected chi connectivity index (χ1v) is 12.5. The van der Waals surface area contributed by atoms with Crippen LogP contribution >= 0.6 is 15.0 Å². The van der Waals surface area contributed by atoms with Gasteiger partial charge >= 0.3 is 7.60 Å². The first kappa shape index (κ1) is 22.6. The predicted octanol–water partition coefficient (Wildman–Crippen LogP) is 5.93. The van der Waals surface area contributed by atoms with E-state index in [1.165, 1.54) is 6.66 Å². The van der Waals surface area contributed by atoms with E-state index in [1.807, 2.05) is 44.2 Å². The molecule has 7 heteroatoms. The highest BCUT2D eigenvalue weighted by Gasteiger charge is 2.48. The van der Waals surface area contributed by atoms with E-state index in [0.717, 1.165) is 5.56 Å². The van der Waals surface area contributed by atoms with E-state index in [9.17, 15) is 9.13 Å². The molecule has 0 fully saturated rings. The molecule has 0 amide bonds. The number of rotatable bonds is 10. The maximum Gasteiger partial charge on any atom is 0.344 e. The third-order valence-electron chi connectivity index (χ3n) is 3.30. The van der Waals surface area contributed by atoms with Crippen molar-refractivity contribution < 1.29 is 22.7 Å². The summed E-state index contributed by atoms with van der Waals surface area (Å²) in [7, 11) is -6.94. The third-order valence-corrected chi connectivity index (χ3v) is 9.86. The highest BCUT2D eigenvalue weighted by atomic mass is 31.2. The zero-order valence-corrected chi connectivity index (χ0v) is 18.1. The molecule has 0 saturated carbocycles. The van der Waals surface area contributed by atoms with Crippen LogP contribution in [0.5, 0.6) is 0 Å². The van der Waals surface area contributed by atoms with Crippen molar-refractivity contribution >= 4 is 15.0 Å². The van der Waals surface area contributed by atoms with E-state index in [-0.39, 0.29) is 18.3 Å². The van der Waals surface area contributed by atoms with E-state index in [4.69, 9.17) is 13.6 Å². The van der Waals surface area contributed by atoms with Gasteiger partial charge in [0.25, 0.3) is 0 Å². The fourth-order valence-electron chi connectivity index (χ4n) is 2.60. The molecule has 0 radical (unpaired) electrons. The lowest BCUT2D eigenvalue weighted by atomic mass is 10.2. The average Bonchev–Trinajstić information content (AvgIpc) is 2.42. The summed E-state index contributed by atoms with van der Waals surface area (Å²) in [5.74, 6) is 0. The lowest BCUT2D eigenvalue weighted by Crippen LogP contribution is -2.22. The van der Waals surface area contributed by atoms with Crippen LogP contribution in [-0.2, 0) is 29.1 Å². The molecule has 0 spiro atoms. The summed E-state index contributed by atoms with van der Waals surface area (Å²) >= 11 is 0. The summed E-state index contributed by atoms with van der Waals surface area (Å²) in [6, 6.07) is 9.53. The summed E-state index contributed by atoms with van der Waals surface area (Å²) in [6.07, 6.45) is -0.581. The van der Waals surface area contributed by atoms with Gasteiger partial charge in [0.05, 0.1) is 18.3 Å². The van der Waals surface area contributed by atoms with Gasteiger partial charge in [-0.2, -0.15) is 0 Å². The van der Waals surface area contributed by atoms with Gasteiger partial charge in [0.2, 0.25) is 7.37 Å². The van der Waals surface area contributed by atoms with Gasteiger partial charge in [-0.05, 0) is 53.5 Å². The van der Waals surface area contributed by atoms with Crippen LogP contribution in [0.2, 0.25) is 0 Å². The summed E-state index contributed by atoms with van der Waals surface area (Å²) in [5, 5.41) is -0.852. The second kappa shape index (κ2) is 9.48. The Bertz CT molecular complexity index is 599. The molecule has 144 valence electrons. The Kier molecular flexibility index (Phi) is 8.57. The van der Waals surface area contributed by atoms with Gasteiger partial charge in [0, 0.05) is 6.66 Å². The second-order valence-electron chi connectivity index (χ2n) is 7.08. The molecule has 0 N–H and O–H groups in total. The first-order chi connectivity index (χ1) is 11.5. The fourth-order valence-corrected chi connectivity index (χ4v) is 8.61. The SMILES string of the molecule is CC(C)OP(C)(=O)C(Cc1ccccc1)P(=O)(OC(C)C)OC(C)C. The van der Waals surface area contributed by atoms with Crippen molar-refractivity contribution in [2.75, 3.05) is 6.66 Å². The molecule has 0 saturated heterocycles. The second-order valence-corrected chi connectivity index (χ2v) is 12.3. The minimum atomic E-state index is -3.67. The van der Waals surface area contributed by atoms with Gasteiger partial charge in [-0.3, -0.25) is 9.13 Å². The zero-order chi connectivity index (χ0) is 19.3. The molecule has 0 aromatic heterocycles. The Morgan fingerprint density at radius 2 is 1.24 bits per heavy atom. The quantitative estimate of drug-likeness (QED) is 0.463. The molecule has 0 bridgehead atoms. The molecule has 2 unspecified atom stereocenters. The smallest absolute Gasteiger partial charge is 0.325 e. The Labute approximate surface area is 152 Å². The monoisotopic (exact) mass is 390 g/mol. The van der Waals surface area contributed by atoms with Gasteiger partial charge in [-0.15, -0.1) is 0 Å². The predicted molar refractivity (Wildman–Crippen MR) is 104 cm³/mol. The lowest BCUT2D eigenvalue weighted by Gasteiger charge is -2.33. The highest BCUT2D eigenvalue weighted by Crippen LogP contribution is 2.70. The van der Waals surface area contributed by atoms with E-state index in [1.54, 1.807) is 27.7 Å². The molecule has 1 aromatic rings.